The number of aryl methyl sites for hydroxylation is 1. The summed E-state index contributed by atoms with van der Waals surface area (Å²) in [4.78, 5) is 39.6. The summed E-state index contributed by atoms with van der Waals surface area (Å²) in [6.07, 6.45) is 1.43. The molecule has 1 heterocycles. The highest BCUT2D eigenvalue weighted by molar-refractivity contribution is 8.00. The monoisotopic (exact) mass is 594 g/mol. The van der Waals surface area contributed by atoms with Crippen molar-refractivity contribution in [3.8, 4) is 0 Å². The van der Waals surface area contributed by atoms with Crippen LogP contribution in [0.1, 0.15) is 28.6 Å². The van der Waals surface area contributed by atoms with E-state index in [0.717, 1.165) is 4.90 Å². The molecule has 0 fully saturated rings. The van der Waals surface area contributed by atoms with Crippen molar-refractivity contribution in [1.29, 1.82) is 0 Å². The Kier molecular flexibility index (Phi) is 9.65. The molecule has 3 N–H and O–H groups in total. The van der Waals surface area contributed by atoms with Gasteiger partial charge in [-0.05, 0) is 62.4 Å². The maximum Gasteiger partial charge on any atom is 0.272 e. The van der Waals surface area contributed by atoms with Crippen LogP contribution < -0.4 is 16.0 Å². The Hall–Kier alpha value is -4.05. The van der Waals surface area contributed by atoms with Crippen LogP contribution in [0.2, 0.25) is 10.0 Å². The van der Waals surface area contributed by atoms with Gasteiger partial charge in [-0.3, -0.25) is 14.4 Å². The predicted molar refractivity (Wildman–Crippen MR) is 159 cm³/mol. The fraction of sp³-hybridized carbons (Fsp3) is 0.103. The molecule has 0 aliphatic carbocycles. The number of rotatable bonds is 9. The quantitative estimate of drug-likeness (QED) is 0.145. The first-order valence-electron chi connectivity index (χ1n) is 12.0. The van der Waals surface area contributed by atoms with Gasteiger partial charge in [-0.1, -0.05) is 58.7 Å². The zero-order valence-electron chi connectivity index (χ0n) is 21.4. The van der Waals surface area contributed by atoms with Gasteiger partial charge in [0.15, 0.2) is 5.82 Å². The third kappa shape index (κ3) is 7.75. The second kappa shape index (κ2) is 13.3. The Bertz CT molecular complexity index is 1550. The molecule has 4 aromatic rings. The number of thioether (sulfide) groups is 1. The number of amides is 3. The van der Waals surface area contributed by atoms with E-state index in [-0.39, 0.29) is 11.6 Å². The predicted octanol–water partition coefficient (Wildman–Crippen LogP) is 6.82. The molecule has 0 bridgehead atoms. The zero-order valence-corrected chi connectivity index (χ0v) is 23.7. The summed E-state index contributed by atoms with van der Waals surface area (Å²) in [5, 5.41) is 12.1. The third-order valence-electron chi connectivity index (χ3n) is 5.47. The highest BCUT2D eigenvalue weighted by Gasteiger charge is 2.19. The van der Waals surface area contributed by atoms with Gasteiger partial charge in [0, 0.05) is 37.8 Å². The molecule has 0 saturated heterocycles. The standard InChI is InChI=1S/C29H24Cl2N4O4S/c1-17-14-26(35-39-17)34-27(36)18(2)40-21-11-6-10-20(15-21)32-29(38)25(16-22-23(30)12-7-13-24(22)31)33-28(37)19-8-4-3-5-9-19/h3-16,18H,1-2H3,(H,32,38)(H,33,37)(H,34,35,36)/b25-16+. The molecule has 0 aliphatic heterocycles. The van der Waals surface area contributed by atoms with Crippen LogP contribution in [0.15, 0.2) is 94.0 Å². The van der Waals surface area contributed by atoms with E-state index in [1.54, 1.807) is 86.6 Å². The van der Waals surface area contributed by atoms with Crippen molar-refractivity contribution in [2.75, 3.05) is 10.6 Å². The van der Waals surface area contributed by atoms with Gasteiger partial charge < -0.3 is 20.5 Å². The van der Waals surface area contributed by atoms with Crippen molar-refractivity contribution in [1.82, 2.24) is 10.5 Å². The van der Waals surface area contributed by atoms with Gasteiger partial charge in [-0.15, -0.1) is 11.8 Å². The Labute approximate surface area is 245 Å². The minimum atomic E-state index is -0.588. The van der Waals surface area contributed by atoms with Crippen LogP contribution in [0.5, 0.6) is 0 Å². The fourth-order valence-electron chi connectivity index (χ4n) is 3.49. The third-order valence-corrected chi connectivity index (χ3v) is 7.22. The Balaban J connectivity index is 1.52. The van der Waals surface area contributed by atoms with Gasteiger partial charge in [0.05, 0.1) is 5.25 Å². The molecular formula is C29H24Cl2N4O4S. The zero-order chi connectivity index (χ0) is 28.6. The van der Waals surface area contributed by atoms with E-state index >= 15 is 0 Å². The first kappa shape index (κ1) is 28.9. The minimum Gasteiger partial charge on any atom is -0.360 e. The van der Waals surface area contributed by atoms with Crippen molar-refractivity contribution >= 4 is 70.3 Å². The number of carbonyl (C=O) groups excluding carboxylic acids is 3. The summed E-state index contributed by atoms with van der Waals surface area (Å²) in [6, 6.07) is 22.1. The molecule has 1 aromatic heterocycles. The van der Waals surface area contributed by atoms with E-state index in [1.165, 1.54) is 17.8 Å². The number of anilines is 2. The molecule has 0 saturated carbocycles. The van der Waals surface area contributed by atoms with Crippen LogP contribution in [0.4, 0.5) is 11.5 Å². The lowest BCUT2D eigenvalue weighted by atomic mass is 10.1. The van der Waals surface area contributed by atoms with E-state index in [1.807, 2.05) is 6.07 Å². The van der Waals surface area contributed by atoms with Crippen molar-refractivity contribution in [3.05, 3.63) is 111 Å². The van der Waals surface area contributed by atoms with Crippen LogP contribution in [-0.2, 0) is 9.59 Å². The molecule has 40 heavy (non-hydrogen) atoms. The molecule has 3 amide bonds. The fourth-order valence-corrected chi connectivity index (χ4v) is 4.92. The van der Waals surface area contributed by atoms with E-state index < -0.39 is 17.1 Å². The van der Waals surface area contributed by atoms with E-state index in [0.29, 0.717) is 38.4 Å². The van der Waals surface area contributed by atoms with Crippen LogP contribution in [-0.4, -0.2) is 28.1 Å². The molecule has 1 atom stereocenters. The number of hydrogen-bond acceptors (Lipinski definition) is 6. The summed E-state index contributed by atoms with van der Waals surface area (Å²) < 4.78 is 4.98. The molecule has 0 aliphatic rings. The Morgan fingerprint density at radius 2 is 1.62 bits per heavy atom. The number of aromatic nitrogens is 1. The number of halogens is 2. The van der Waals surface area contributed by atoms with Crippen molar-refractivity contribution < 1.29 is 18.9 Å². The highest BCUT2D eigenvalue weighted by atomic mass is 35.5. The maximum absolute atomic E-state index is 13.4. The molecule has 11 heteroatoms. The van der Waals surface area contributed by atoms with Crippen LogP contribution in [0, 0.1) is 6.92 Å². The lowest BCUT2D eigenvalue weighted by Gasteiger charge is -2.14. The van der Waals surface area contributed by atoms with E-state index in [4.69, 9.17) is 27.7 Å². The summed E-state index contributed by atoms with van der Waals surface area (Å²) in [5.74, 6) is -0.389. The van der Waals surface area contributed by atoms with Crippen molar-refractivity contribution in [2.24, 2.45) is 0 Å². The van der Waals surface area contributed by atoms with Crippen LogP contribution in [0.25, 0.3) is 6.08 Å². The molecule has 8 nitrogen and oxygen atoms in total. The first-order valence-corrected chi connectivity index (χ1v) is 13.7. The molecule has 4 rings (SSSR count). The number of nitrogens with one attached hydrogen (secondary N) is 3. The molecule has 1 unspecified atom stereocenters. The maximum atomic E-state index is 13.4. The van der Waals surface area contributed by atoms with Gasteiger partial charge >= 0.3 is 0 Å². The van der Waals surface area contributed by atoms with Gasteiger partial charge in [0.1, 0.15) is 11.5 Å². The molecule has 0 spiro atoms. The minimum absolute atomic E-state index is 0.0578. The lowest BCUT2D eigenvalue weighted by Crippen LogP contribution is -2.30. The van der Waals surface area contributed by atoms with Crippen molar-refractivity contribution in [2.45, 2.75) is 24.0 Å². The normalized spacial score (nSPS) is 11.9. The average molecular weight is 596 g/mol. The van der Waals surface area contributed by atoms with Crippen LogP contribution in [0.3, 0.4) is 0 Å². The number of carbonyl (C=O) groups is 3. The lowest BCUT2D eigenvalue weighted by molar-refractivity contribution is -0.115. The topological polar surface area (TPSA) is 113 Å². The van der Waals surface area contributed by atoms with Crippen LogP contribution >= 0.6 is 35.0 Å². The highest BCUT2D eigenvalue weighted by Crippen LogP contribution is 2.28. The molecule has 3 aromatic carbocycles. The van der Waals surface area contributed by atoms with Gasteiger partial charge in [0.2, 0.25) is 5.91 Å². The van der Waals surface area contributed by atoms with Gasteiger partial charge in [-0.25, -0.2) is 0 Å². The van der Waals surface area contributed by atoms with Gasteiger partial charge in [0.25, 0.3) is 11.8 Å². The largest absolute Gasteiger partial charge is 0.360 e. The molecule has 204 valence electrons. The smallest absolute Gasteiger partial charge is 0.272 e. The van der Waals surface area contributed by atoms with Gasteiger partial charge in [-0.2, -0.15) is 0 Å². The SMILES string of the molecule is Cc1cc(NC(=O)C(C)Sc2cccc(NC(=O)/C(=C\c3c(Cl)cccc3Cl)NC(=O)c3ccccc3)c2)no1. The molecular weight excluding hydrogens is 571 g/mol. The number of nitrogens with zero attached hydrogens (tertiary/aromatic N) is 1. The summed E-state index contributed by atoms with van der Waals surface area (Å²) in [6.45, 7) is 3.49. The van der Waals surface area contributed by atoms with Crippen molar-refractivity contribution in [3.63, 3.8) is 0 Å². The Morgan fingerprint density at radius 1 is 0.925 bits per heavy atom. The summed E-state index contributed by atoms with van der Waals surface area (Å²) in [5.41, 5.74) is 1.16. The number of hydrogen-bond donors (Lipinski definition) is 3. The second-order valence-corrected chi connectivity index (χ2v) is 10.8. The number of benzene rings is 3. The average Bonchev–Trinajstić information content (AvgIpc) is 3.34. The Morgan fingerprint density at radius 3 is 2.30 bits per heavy atom. The van der Waals surface area contributed by atoms with E-state index in [9.17, 15) is 14.4 Å². The second-order valence-electron chi connectivity index (χ2n) is 8.57. The summed E-state index contributed by atoms with van der Waals surface area (Å²) >= 11 is 13.9. The first-order chi connectivity index (χ1) is 19.2. The molecule has 0 radical (unpaired) electrons. The van der Waals surface area contributed by atoms with E-state index in [2.05, 4.69) is 21.1 Å². The summed E-state index contributed by atoms with van der Waals surface area (Å²) in [7, 11) is 0.